The van der Waals surface area contributed by atoms with Crippen molar-refractivity contribution in [3.63, 3.8) is 0 Å². The second-order valence-corrected chi connectivity index (χ2v) is 9.97. The van der Waals surface area contributed by atoms with Crippen LogP contribution in [-0.2, 0) is 18.9 Å². The van der Waals surface area contributed by atoms with Gasteiger partial charge in [0.2, 0.25) is 0 Å². The minimum atomic E-state index is -0.0352. The highest BCUT2D eigenvalue weighted by molar-refractivity contribution is 4.72. The largest absolute Gasteiger partial charge is 0.475 e. The highest BCUT2D eigenvalue weighted by Gasteiger charge is 2.09. The molecule has 0 amide bonds. The molecule has 0 radical (unpaired) electrons. The molecule has 0 saturated heterocycles. The van der Waals surface area contributed by atoms with Crippen LogP contribution in [0.5, 0.6) is 0 Å². The number of hydrogen-bond donors (Lipinski definition) is 0. The van der Waals surface area contributed by atoms with Crippen molar-refractivity contribution in [3.8, 4) is 0 Å². The summed E-state index contributed by atoms with van der Waals surface area (Å²) in [7, 11) is 0. The fraction of sp³-hybridized carbons (Fsp3) is 0.935. The zero-order chi connectivity index (χ0) is 25.5. The first-order chi connectivity index (χ1) is 17.3. The van der Waals surface area contributed by atoms with Crippen LogP contribution in [0.4, 0.5) is 0 Å². The Kier molecular flexibility index (Phi) is 30.9. The monoisotopic (exact) mass is 498 g/mol. The van der Waals surface area contributed by atoms with E-state index in [1.807, 2.05) is 0 Å². The molecule has 4 nitrogen and oxygen atoms in total. The zero-order valence-electron chi connectivity index (χ0n) is 24.0. The number of rotatable bonds is 30. The van der Waals surface area contributed by atoms with Crippen LogP contribution in [0.2, 0.25) is 0 Å². The van der Waals surface area contributed by atoms with Gasteiger partial charge in [0.25, 0.3) is 0 Å². The minimum absolute atomic E-state index is 0.0352. The molecule has 4 heteroatoms. The Balaban J connectivity index is 3.89. The SMILES string of the molecule is CCCCCCCCCOC(CCCCC=COCOCCCCC)OCCCCCCCCC. The fourth-order valence-corrected chi connectivity index (χ4v) is 4.07. The van der Waals surface area contributed by atoms with Crippen molar-refractivity contribution in [2.24, 2.45) is 0 Å². The van der Waals surface area contributed by atoms with Crippen LogP contribution < -0.4 is 0 Å². The molecule has 0 aliphatic carbocycles. The van der Waals surface area contributed by atoms with Crippen LogP contribution in [-0.4, -0.2) is 32.9 Å². The molecule has 0 saturated carbocycles. The fourth-order valence-electron chi connectivity index (χ4n) is 4.07. The maximum Gasteiger partial charge on any atom is 0.188 e. The van der Waals surface area contributed by atoms with Gasteiger partial charge in [0.05, 0.1) is 12.9 Å². The van der Waals surface area contributed by atoms with Gasteiger partial charge in [-0.25, -0.2) is 0 Å². The molecule has 35 heavy (non-hydrogen) atoms. The molecule has 0 rings (SSSR count). The van der Waals surface area contributed by atoms with Gasteiger partial charge in [-0.2, -0.15) is 0 Å². The molecule has 0 aromatic carbocycles. The van der Waals surface area contributed by atoms with Crippen molar-refractivity contribution in [2.75, 3.05) is 26.6 Å². The molecule has 0 fully saturated rings. The molecule has 0 unspecified atom stereocenters. The molecular weight excluding hydrogens is 436 g/mol. The van der Waals surface area contributed by atoms with Crippen molar-refractivity contribution in [1.29, 1.82) is 0 Å². The lowest BCUT2D eigenvalue weighted by Crippen LogP contribution is -2.19. The van der Waals surface area contributed by atoms with Gasteiger partial charge in [-0.1, -0.05) is 111 Å². The van der Waals surface area contributed by atoms with Gasteiger partial charge in [0.15, 0.2) is 13.1 Å². The topological polar surface area (TPSA) is 36.9 Å². The molecule has 210 valence electrons. The van der Waals surface area contributed by atoms with Gasteiger partial charge in [-0.05, 0) is 51.0 Å². The third kappa shape index (κ3) is 29.5. The molecule has 0 aromatic heterocycles. The molecule has 0 atom stereocenters. The van der Waals surface area contributed by atoms with Crippen molar-refractivity contribution in [3.05, 3.63) is 12.3 Å². The van der Waals surface area contributed by atoms with Gasteiger partial charge >= 0.3 is 0 Å². The molecule has 0 bridgehead atoms. The first-order valence-electron chi connectivity index (χ1n) is 15.4. The molecular formula is C31H62O4. The Morgan fingerprint density at radius 3 is 1.57 bits per heavy atom. The average molecular weight is 499 g/mol. The van der Waals surface area contributed by atoms with Crippen molar-refractivity contribution in [2.45, 2.75) is 162 Å². The number of allylic oxidation sites excluding steroid dienone is 1. The van der Waals surface area contributed by atoms with Gasteiger partial charge in [-0.3, -0.25) is 0 Å². The molecule has 0 heterocycles. The zero-order valence-corrected chi connectivity index (χ0v) is 24.0. The third-order valence-electron chi connectivity index (χ3n) is 6.40. The van der Waals surface area contributed by atoms with Crippen LogP contribution >= 0.6 is 0 Å². The normalized spacial score (nSPS) is 11.8. The van der Waals surface area contributed by atoms with Gasteiger partial charge in [0.1, 0.15) is 0 Å². The van der Waals surface area contributed by atoms with E-state index >= 15 is 0 Å². The van der Waals surface area contributed by atoms with Crippen LogP contribution in [0, 0.1) is 0 Å². The number of unbranched alkanes of at least 4 members (excludes halogenated alkanes) is 16. The van der Waals surface area contributed by atoms with Crippen LogP contribution in [0.25, 0.3) is 0 Å². The van der Waals surface area contributed by atoms with E-state index in [-0.39, 0.29) is 6.29 Å². The Bertz CT molecular complexity index is 379. The maximum absolute atomic E-state index is 6.15. The van der Waals surface area contributed by atoms with Crippen LogP contribution in [0.3, 0.4) is 0 Å². The summed E-state index contributed by atoms with van der Waals surface area (Å²) in [4.78, 5) is 0. The number of hydrogen-bond acceptors (Lipinski definition) is 4. The summed E-state index contributed by atoms with van der Waals surface area (Å²) in [5.41, 5.74) is 0. The van der Waals surface area contributed by atoms with Crippen molar-refractivity contribution < 1.29 is 18.9 Å². The lowest BCUT2D eigenvalue weighted by molar-refractivity contribution is -0.148. The second-order valence-electron chi connectivity index (χ2n) is 9.97. The van der Waals surface area contributed by atoms with Crippen LogP contribution in [0.15, 0.2) is 12.3 Å². The summed E-state index contributed by atoms with van der Waals surface area (Å²) in [6, 6.07) is 0. The van der Waals surface area contributed by atoms with E-state index in [1.54, 1.807) is 6.26 Å². The molecule has 0 spiro atoms. The van der Waals surface area contributed by atoms with Crippen LogP contribution in [0.1, 0.15) is 156 Å². The minimum Gasteiger partial charge on any atom is -0.475 e. The van der Waals surface area contributed by atoms with E-state index in [2.05, 4.69) is 26.8 Å². The summed E-state index contributed by atoms with van der Waals surface area (Å²) in [5.74, 6) is 0. The first-order valence-corrected chi connectivity index (χ1v) is 15.4. The molecule has 0 aliphatic heterocycles. The summed E-state index contributed by atoms with van der Waals surface area (Å²) in [6.07, 6.45) is 30.1. The van der Waals surface area contributed by atoms with Gasteiger partial charge in [-0.15, -0.1) is 0 Å². The lowest BCUT2D eigenvalue weighted by atomic mass is 10.1. The first kappa shape index (κ1) is 34.4. The third-order valence-corrected chi connectivity index (χ3v) is 6.40. The van der Waals surface area contributed by atoms with Gasteiger partial charge < -0.3 is 18.9 Å². The van der Waals surface area contributed by atoms with E-state index in [9.17, 15) is 0 Å². The standard InChI is InChI=1S/C31H62O4/c1-4-7-10-12-14-17-23-28-34-31(35-29-24-18-15-13-11-8-5-2)25-20-16-19-22-27-33-30-32-26-21-9-6-3/h22,27,31H,4-21,23-26,28-30H2,1-3H3. The Hall–Kier alpha value is -0.580. The maximum atomic E-state index is 6.15. The Morgan fingerprint density at radius 1 is 0.514 bits per heavy atom. The summed E-state index contributed by atoms with van der Waals surface area (Å²) in [5, 5.41) is 0. The van der Waals surface area contributed by atoms with E-state index in [1.165, 1.54) is 89.9 Å². The summed E-state index contributed by atoms with van der Waals surface area (Å²) >= 11 is 0. The van der Waals surface area contributed by atoms with Gasteiger partial charge in [0, 0.05) is 13.2 Å². The van der Waals surface area contributed by atoms with E-state index < -0.39 is 0 Å². The average Bonchev–Trinajstić information content (AvgIpc) is 2.87. The predicted molar refractivity (Wildman–Crippen MR) is 151 cm³/mol. The smallest absolute Gasteiger partial charge is 0.188 e. The Morgan fingerprint density at radius 2 is 1.00 bits per heavy atom. The molecule has 0 aliphatic rings. The molecule has 0 N–H and O–H groups in total. The van der Waals surface area contributed by atoms with E-state index in [4.69, 9.17) is 18.9 Å². The van der Waals surface area contributed by atoms with Crippen molar-refractivity contribution >= 4 is 0 Å². The molecule has 0 aromatic rings. The quantitative estimate of drug-likeness (QED) is 0.0560. The lowest BCUT2D eigenvalue weighted by Gasteiger charge is -2.19. The summed E-state index contributed by atoms with van der Waals surface area (Å²) < 4.78 is 23.1. The van der Waals surface area contributed by atoms with E-state index in [0.717, 1.165) is 64.8 Å². The predicted octanol–water partition coefficient (Wildman–Crippen LogP) is 10.1. The Labute approximate surface area is 219 Å². The van der Waals surface area contributed by atoms with E-state index in [0.29, 0.717) is 6.79 Å². The highest BCUT2D eigenvalue weighted by Crippen LogP contribution is 2.13. The summed E-state index contributed by atoms with van der Waals surface area (Å²) in [6.45, 7) is 9.57. The highest BCUT2D eigenvalue weighted by atomic mass is 16.7. The van der Waals surface area contributed by atoms with Crippen molar-refractivity contribution in [1.82, 2.24) is 0 Å². The number of ether oxygens (including phenoxy) is 4. The second kappa shape index (κ2) is 31.4.